The molecule has 2 aromatic carbocycles. The highest BCUT2D eigenvalue weighted by atomic mass is 35.5. The summed E-state index contributed by atoms with van der Waals surface area (Å²) < 4.78 is 6.95. The zero-order chi connectivity index (χ0) is 21.7. The van der Waals surface area contributed by atoms with E-state index in [0.29, 0.717) is 50.0 Å². The van der Waals surface area contributed by atoms with Crippen LogP contribution in [0.4, 0.5) is 11.4 Å². The Hall–Kier alpha value is -3.84. The standard InChI is InChI=1S/C23H17ClN4O3/c1-12-2-8-16-21(25)20(13-3-9-18-17(10-13)27-19(29)11-31-18)23(30)28(22(16)26-12)15-6-4-14(24)5-7-15/h2-10H,11,25H2,1H3,(H,27,29). The van der Waals surface area contributed by atoms with Crippen LogP contribution < -0.4 is 21.3 Å². The number of hydrogen-bond donors (Lipinski definition) is 2. The van der Waals surface area contributed by atoms with Crippen LogP contribution in [0.25, 0.3) is 27.8 Å². The Bertz CT molecular complexity index is 1430. The lowest BCUT2D eigenvalue weighted by atomic mass is 10.0. The molecule has 0 unspecified atom stereocenters. The minimum atomic E-state index is -0.326. The molecule has 0 radical (unpaired) electrons. The van der Waals surface area contributed by atoms with Crippen molar-refractivity contribution >= 4 is 39.9 Å². The maximum Gasteiger partial charge on any atom is 0.266 e. The molecule has 2 aromatic heterocycles. The molecule has 3 heterocycles. The van der Waals surface area contributed by atoms with E-state index in [-0.39, 0.29) is 18.1 Å². The van der Waals surface area contributed by atoms with Crippen molar-refractivity contribution in [1.82, 2.24) is 9.55 Å². The molecule has 0 atom stereocenters. The first-order valence-corrected chi connectivity index (χ1v) is 9.95. The van der Waals surface area contributed by atoms with E-state index in [9.17, 15) is 9.59 Å². The van der Waals surface area contributed by atoms with Crippen LogP contribution in [0.3, 0.4) is 0 Å². The second-order valence-corrected chi connectivity index (χ2v) is 7.71. The number of anilines is 2. The summed E-state index contributed by atoms with van der Waals surface area (Å²) in [5.74, 6) is 0.285. The van der Waals surface area contributed by atoms with Crippen molar-refractivity contribution in [3.8, 4) is 22.6 Å². The minimum absolute atomic E-state index is 0.0428. The predicted molar refractivity (Wildman–Crippen MR) is 121 cm³/mol. The van der Waals surface area contributed by atoms with Gasteiger partial charge in [0.05, 0.1) is 22.6 Å². The molecule has 0 bridgehead atoms. The number of aryl methyl sites for hydroxylation is 1. The Morgan fingerprint density at radius 2 is 1.87 bits per heavy atom. The minimum Gasteiger partial charge on any atom is -0.482 e. The average Bonchev–Trinajstić information content (AvgIpc) is 2.74. The number of pyridine rings is 2. The van der Waals surface area contributed by atoms with Gasteiger partial charge in [0.15, 0.2) is 6.61 Å². The molecule has 0 saturated carbocycles. The smallest absolute Gasteiger partial charge is 0.266 e. The van der Waals surface area contributed by atoms with Crippen LogP contribution in [-0.2, 0) is 4.79 Å². The van der Waals surface area contributed by atoms with Gasteiger partial charge in [-0.25, -0.2) is 4.98 Å². The van der Waals surface area contributed by atoms with Gasteiger partial charge in [-0.3, -0.25) is 14.2 Å². The lowest BCUT2D eigenvalue weighted by Crippen LogP contribution is -2.26. The molecule has 0 saturated heterocycles. The van der Waals surface area contributed by atoms with E-state index >= 15 is 0 Å². The molecular weight excluding hydrogens is 416 g/mol. The fourth-order valence-electron chi connectivity index (χ4n) is 3.73. The van der Waals surface area contributed by atoms with Crippen LogP contribution in [0, 0.1) is 6.92 Å². The zero-order valence-electron chi connectivity index (χ0n) is 16.5. The van der Waals surface area contributed by atoms with Gasteiger partial charge in [0.1, 0.15) is 11.4 Å². The number of nitrogen functional groups attached to an aromatic ring is 1. The number of amides is 1. The molecule has 5 rings (SSSR count). The molecule has 0 fully saturated rings. The molecule has 1 aliphatic rings. The van der Waals surface area contributed by atoms with E-state index < -0.39 is 0 Å². The van der Waals surface area contributed by atoms with E-state index in [1.807, 2.05) is 19.1 Å². The molecule has 31 heavy (non-hydrogen) atoms. The third kappa shape index (κ3) is 3.19. The van der Waals surface area contributed by atoms with Crippen LogP contribution in [0.2, 0.25) is 5.02 Å². The normalized spacial score (nSPS) is 12.9. The summed E-state index contributed by atoms with van der Waals surface area (Å²) in [7, 11) is 0. The van der Waals surface area contributed by atoms with Crippen molar-refractivity contribution in [2.75, 3.05) is 17.7 Å². The summed E-state index contributed by atoms with van der Waals surface area (Å²) in [5.41, 5.74) is 9.69. The number of hydrogen-bond acceptors (Lipinski definition) is 5. The van der Waals surface area contributed by atoms with Gasteiger partial charge in [0.25, 0.3) is 11.5 Å². The Balaban J connectivity index is 1.83. The quantitative estimate of drug-likeness (QED) is 0.500. The van der Waals surface area contributed by atoms with Crippen LogP contribution >= 0.6 is 11.6 Å². The van der Waals surface area contributed by atoms with Gasteiger partial charge < -0.3 is 15.8 Å². The summed E-state index contributed by atoms with van der Waals surface area (Å²) in [6, 6.07) is 15.8. The van der Waals surface area contributed by atoms with Crippen molar-refractivity contribution in [2.45, 2.75) is 6.92 Å². The van der Waals surface area contributed by atoms with Gasteiger partial charge in [0, 0.05) is 16.1 Å². The number of carbonyl (C=O) groups is 1. The van der Waals surface area contributed by atoms with E-state index in [2.05, 4.69) is 10.3 Å². The van der Waals surface area contributed by atoms with Crippen molar-refractivity contribution < 1.29 is 9.53 Å². The van der Waals surface area contributed by atoms with Crippen LogP contribution in [0.1, 0.15) is 5.69 Å². The molecule has 0 aliphatic carbocycles. The number of nitrogens with one attached hydrogen (secondary N) is 1. The van der Waals surface area contributed by atoms with Crippen molar-refractivity contribution in [3.05, 3.63) is 75.7 Å². The second kappa shape index (κ2) is 7.14. The first-order chi connectivity index (χ1) is 14.9. The van der Waals surface area contributed by atoms with Crippen molar-refractivity contribution in [2.24, 2.45) is 0 Å². The summed E-state index contributed by atoms with van der Waals surface area (Å²) in [6.07, 6.45) is 0. The highest BCUT2D eigenvalue weighted by molar-refractivity contribution is 6.30. The molecule has 8 heteroatoms. The first-order valence-electron chi connectivity index (χ1n) is 9.57. The van der Waals surface area contributed by atoms with Gasteiger partial charge in [-0.1, -0.05) is 17.7 Å². The molecule has 7 nitrogen and oxygen atoms in total. The molecule has 1 amide bonds. The molecule has 154 valence electrons. The van der Waals surface area contributed by atoms with Gasteiger partial charge in [-0.05, 0) is 61.0 Å². The van der Waals surface area contributed by atoms with Gasteiger partial charge in [-0.15, -0.1) is 0 Å². The second-order valence-electron chi connectivity index (χ2n) is 7.28. The van der Waals surface area contributed by atoms with Crippen molar-refractivity contribution in [3.63, 3.8) is 0 Å². The van der Waals surface area contributed by atoms with Crippen molar-refractivity contribution in [1.29, 1.82) is 0 Å². The Morgan fingerprint density at radius 3 is 2.65 bits per heavy atom. The number of fused-ring (bicyclic) bond motifs is 2. The van der Waals surface area contributed by atoms with E-state index in [1.165, 1.54) is 4.57 Å². The van der Waals surface area contributed by atoms with Crippen LogP contribution in [0.15, 0.2) is 59.4 Å². The first kappa shape index (κ1) is 19.1. The van der Waals surface area contributed by atoms with Crippen LogP contribution in [0.5, 0.6) is 5.75 Å². The fourth-order valence-corrected chi connectivity index (χ4v) is 3.85. The number of nitrogens with two attached hydrogens (primary N) is 1. The van der Waals surface area contributed by atoms with E-state index in [0.717, 1.165) is 5.69 Å². The summed E-state index contributed by atoms with van der Waals surface area (Å²) in [6.45, 7) is 1.81. The Morgan fingerprint density at radius 1 is 1.10 bits per heavy atom. The average molecular weight is 433 g/mol. The van der Waals surface area contributed by atoms with Gasteiger partial charge in [0.2, 0.25) is 0 Å². The highest BCUT2D eigenvalue weighted by Gasteiger charge is 2.22. The largest absolute Gasteiger partial charge is 0.482 e. The number of nitrogens with zero attached hydrogens (tertiary/aromatic N) is 2. The number of benzene rings is 2. The third-order valence-corrected chi connectivity index (χ3v) is 5.44. The molecule has 1 aliphatic heterocycles. The fraction of sp³-hybridized carbons (Fsp3) is 0.0870. The Labute approximate surface area is 182 Å². The maximum atomic E-state index is 13.7. The monoisotopic (exact) mass is 432 g/mol. The van der Waals surface area contributed by atoms with Crippen LogP contribution in [-0.4, -0.2) is 22.1 Å². The molecule has 4 aromatic rings. The number of rotatable bonds is 2. The zero-order valence-corrected chi connectivity index (χ0v) is 17.2. The Kier molecular flexibility index (Phi) is 4.41. The lowest BCUT2D eigenvalue weighted by molar-refractivity contribution is -0.118. The molecular formula is C23H17ClN4O3. The number of aromatic nitrogens is 2. The lowest BCUT2D eigenvalue weighted by Gasteiger charge is -2.20. The van der Waals surface area contributed by atoms with Gasteiger partial charge >= 0.3 is 0 Å². The van der Waals surface area contributed by atoms with E-state index in [4.69, 9.17) is 22.1 Å². The topological polar surface area (TPSA) is 99.2 Å². The summed E-state index contributed by atoms with van der Waals surface area (Å²) in [5, 5.41) is 3.97. The molecule has 3 N–H and O–H groups in total. The van der Waals surface area contributed by atoms with E-state index in [1.54, 1.807) is 42.5 Å². The summed E-state index contributed by atoms with van der Waals surface area (Å²) >= 11 is 6.04. The third-order valence-electron chi connectivity index (χ3n) is 5.19. The predicted octanol–water partition coefficient (Wildman–Crippen LogP) is 3.93. The van der Waals surface area contributed by atoms with Gasteiger partial charge in [-0.2, -0.15) is 0 Å². The highest BCUT2D eigenvalue weighted by Crippen LogP contribution is 2.36. The SMILES string of the molecule is Cc1ccc2c(N)c(-c3ccc4c(c3)NC(=O)CO4)c(=O)n(-c3ccc(Cl)cc3)c2n1. The summed E-state index contributed by atoms with van der Waals surface area (Å²) in [4.78, 5) is 30.0. The molecule has 0 spiro atoms. The number of ether oxygens (including phenoxy) is 1. The number of halogens is 1. The maximum absolute atomic E-state index is 13.7. The number of carbonyl (C=O) groups excluding carboxylic acids is 1.